The summed E-state index contributed by atoms with van der Waals surface area (Å²) >= 11 is 0. The van der Waals surface area contributed by atoms with Gasteiger partial charge in [-0.25, -0.2) is 0 Å². The van der Waals surface area contributed by atoms with Crippen LogP contribution in [0.15, 0.2) is 11.6 Å². The second-order valence-corrected chi connectivity index (χ2v) is 22.9. The highest BCUT2D eigenvalue weighted by atomic mass is 16.7. The highest BCUT2D eigenvalue weighted by molar-refractivity contribution is 5.81. The third kappa shape index (κ3) is 7.97. The molecule has 4 saturated carbocycles. The molecule has 0 bridgehead atoms. The van der Waals surface area contributed by atoms with Crippen LogP contribution in [0.3, 0.4) is 0 Å². The maximum absolute atomic E-state index is 14.8. The van der Waals surface area contributed by atoms with E-state index < -0.39 is 133 Å². The highest BCUT2D eigenvalue weighted by Gasteiger charge is 2.70. The highest BCUT2D eigenvalue weighted by Crippen LogP contribution is 2.76. The van der Waals surface area contributed by atoms with Crippen LogP contribution < -0.4 is 0 Å². The number of hydrogen-bond acceptors (Lipinski definition) is 19. The fraction of sp³-hybridized carbons (Fsp3) is 0.917. The van der Waals surface area contributed by atoms with E-state index in [-0.39, 0.29) is 41.3 Å². The molecule has 5 aliphatic carbocycles. The summed E-state index contributed by atoms with van der Waals surface area (Å²) in [6.07, 6.45) is -13.2. The van der Waals surface area contributed by atoms with Gasteiger partial charge < -0.3 is 84.2 Å². The average molecular weight is 957 g/mol. The molecule has 7 fully saturated rings. The molecule has 19 nitrogen and oxygen atoms in total. The third-order valence-corrected chi connectivity index (χ3v) is 19.4. The minimum absolute atomic E-state index is 0.166. The minimum atomic E-state index is -1.75. The van der Waals surface area contributed by atoms with E-state index >= 15 is 0 Å². The number of hydrogen-bond donors (Lipinski definition) is 10. The maximum atomic E-state index is 14.8. The molecule has 8 rings (SSSR count). The van der Waals surface area contributed by atoms with Crippen LogP contribution in [0.2, 0.25) is 0 Å². The van der Waals surface area contributed by atoms with Crippen LogP contribution in [0.1, 0.15) is 106 Å². The summed E-state index contributed by atoms with van der Waals surface area (Å²) in [7, 11) is 1.37. The van der Waals surface area contributed by atoms with Crippen LogP contribution in [-0.2, 0) is 42.7 Å². The smallest absolute Gasteiger partial charge is 0.315 e. The number of esters is 2. The van der Waals surface area contributed by atoms with Crippen LogP contribution in [-0.4, -0.2) is 182 Å². The van der Waals surface area contributed by atoms with E-state index in [2.05, 4.69) is 40.7 Å². The Balaban J connectivity index is 1.01. The number of fused-ring (bicyclic) bond motifs is 7. The van der Waals surface area contributed by atoms with Crippen molar-refractivity contribution in [3.8, 4) is 0 Å². The number of carbonyl (C=O) groups is 2. The first kappa shape index (κ1) is 51.4. The van der Waals surface area contributed by atoms with Gasteiger partial charge >= 0.3 is 11.9 Å². The number of aliphatic hydroxyl groups is 10. The molecule has 0 aromatic rings. The molecule has 3 aliphatic heterocycles. The first-order valence-electron chi connectivity index (χ1n) is 24.3. The van der Waals surface area contributed by atoms with Crippen molar-refractivity contribution in [3.63, 3.8) is 0 Å². The van der Waals surface area contributed by atoms with Crippen LogP contribution >= 0.6 is 0 Å². The second kappa shape index (κ2) is 18.3. The molecule has 0 aromatic carbocycles. The SMILES string of the molecule is COC(=O)[C@@]1(C)CC[C@]2(C(=O)O[C@@H]3O[C@H](CO)[C@@H](O)[C@H](O)[C@H]3O)CC[C@]3(C)C(=CC[C@@H]4[C@@]5(C)CC[C@H](O[C@@H]6OC[C@@H](O[C@@H]7O[C@H](CO)[C@@H](O)[C@H](O)[C@H]7O)[C@H](O)[C@H]6O)C(C)(C)[C@@H]5CC[C@]43C)[C@@H]2C1. The van der Waals surface area contributed by atoms with Gasteiger partial charge in [-0.05, 0) is 111 Å². The van der Waals surface area contributed by atoms with Crippen LogP contribution in [0, 0.1) is 50.2 Å². The quantitative estimate of drug-likeness (QED) is 0.0822. The molecule has 382 valence electrons. The molecule has 0 spiro atoms. The molecular weight excluding hydrogens is 881 g/mol. The van der Waals surface area contributed by atoms with Crippen LogP contribution in [0.4, 0.5) is 0 Å². The topological polar surface area (TPSA) is 301 Å². The normalized spacial score (nSPS) is 52.9. The van der Waals surface area contributed by atoms with Gasteiger partial charge in [-0.3, -0.25) is 9.59 Å². The van der Waals surface area contributed by atoms with Crippen molar-refractivity contribution in [1.29, 1.82) is 0 Å². The lowest BCUT2D eigenvalue weighted by atomic mass is 9.33. The fourth-order valence-electron chi connectivity index (χ4n) is 15.0. The molecule has 0 radical (unpaired) electrons. The summed E-state index contributed by atoms with van der Waals surface area (Å²) in [6, 6.07) is 0. The van der Waals surface area contributed by atoms with Crippen molar-refractivity contribution >= 4 is 11.9 Å². The largest absolute Gasteiger partial charge is 0.469 e. The van der Waals surface area contributed by atoms with E-state index in [4.69, 9.17) is 33.2 Å². The first-order chi connectivity index (χ1) is 31.4. The fourth-order valence-corrected chi connectivity index (χ4v) is 15.0. The Labute approximate surface area is 391 Å². The summed E-state index contributed by atoms with van der Waals surface area (Å²) in [5, 5.41) is 105. The molecule has 8 aliphatic rings. The minimum Gasteiger partial charge on any atom is -0.469 e. The number of methoxy groups -OCH3 is 1. The van der Waals surface area contributed by atoms with Gasteiger partial charge in [-0.15, -0.1) is 0 Å². The monoisotopic (exact) mass is 956 g/mol. The van der Waals surface area contributed by atoms with E-state index in [0.29, 0.717) is 38.5 Å². The second-order valence-electron chi connectivity index (χ2n) is 22.9. The molecule has 19 heteroatoms. The van der Waals surface area contributed by atoms with Gasteiger partial charge in [0.25, 0.3) is 0 Å². The Morgan fingerprint density at radius 2 is 1.25 bits per heavy atom. The Bertz CT molecular complexity index is 1860. The third-order valence-electron chi connectivity index (χ3n) is 19.4. The van der Waals surface area contributed by atoms with Crippen molar-refractivity contribution in [2.24, 2.45) is 50.2 Å². The predicted octanol–water partition coefficient (Wildman–Crippen LogP) is -0.0673. The number of aliphatic hydroxyl groups excluding tert-OH is 10. The lowest BCUT2D eigenvalue weighted by Gasteiger charge is -2.71. The molecular formula is C48H76O19. The van der Waals surface area contributed by atoms with E-state index in [0.717, 1.165) is 31.3 Å². The van der Waals surface area contributed by atoms with E-state index in [9.17, 15) is 60.7 Å². The number of carbonyl (C=O) groups excluding carboxylic acids is 2. The Morgan fingerprint density at radius 3 is 1.88 bits per heavy atom. The molecule has 10 N–H and O–H groups in total. The summed E-state index contributed by atoms with van der Waals surface area (Å²) < 4.78 is 40.7. The van der Waals surface area contributed by atoms with Crippen molar-refractivity contribution in [1.82, 2.24) is 0 Å². The van der Waals surface area contributed by atoms with Gasteiger partial charge in [0.15, 0.2) is 12.6 Å². The summed E-state index contributed by atoms with van der Waals surface area (Å²) in [5.74, 6) is -0.999. The van der Waals surface area contributed by atoms with Gasteiger partial charge in [-0.1, -0.05) is 46.3 Å². The lowest BCUT2D eigenvalue weighted by Crippen LogP contribution is -2.66. The predicted molar refractivity (Wildman–Crippen MR) is 231 cm³/mol. The van der Waals surface area contributed by atoms with Gasteiger partial charge in [0, 0.05) is 0 Å². The van der Waals surface area contributed by atoms with Crippen LogP contribution in [0.5, 0.6) is 0 Å². The van der Waals surface area contributed by atoms with Gasteiger partial charge in [0.1, 0.15) is 67.1 Å². The molecule has 23 atom stereocenters. The average Bonchev–Trinajstić information content (AvgIpc) is 3.29. The Hall–Kier alpha value is -1.92. The van der Waals surface area contributed by atoms with E-state index in [1.165, 1.54) is 7.11 Å². The molecule has 0 aromatic heterocycles. The van der Waals surface area contributed by atoms with Gasteiger partial charge in [0.05, 0.1) is 43.9 Å². The van der Waals surface area contributed by atoms with Crippen molar-refractivity contribution < 1.29 is 93.8 Å². The number of allylic oxidation sites excluding steroid dienone is 2. The molecule has 0 unspecified atom stereocenters. The van der Waals surface area contributed by atoms with Crippen LogP contribution in [0.25, 0.3) is 0 Å². The Morgan fingerprint density at radius 1 is 0.657 bits per heavy atom. The van der Waals surface area contributed by atoms with Gasteiger partial charge in [0.2, 0.25) is 6.29 Å². The summed E-state index contributed by atoms with van der Waals surface area (Å²) in [5.41, 5.74) is -2.07. The zero-order valence-corrected chi connectivity index (χ0v) is 39.8. The van der Waals surface area contributed by atoms with E-state index in [1.54, 1.807) is 0 Å². The summed E-state index contributed by atoms with van der Waals surface area (Å²) in [4.78, 5) is 28.2. The molecule has 67 heavy (non-hydrogen) atoms. The van der Waals surface area contributed by atoms with Crippen molar-refractivity contribution in [3.05, 3.63) is 11.6 Å². The number of rotatable bonds is 9. The van der Waals surface area contributed by atoms with E-state index in [1.807, 2.05) is 6.92 Å². The van der Waals surface area contributed by atoms with Gasteiger partial charge in [-0.2, -0.15) is 0 Å². The standard InChI is InChI=1S/C48H76O19/c1-43(2)27-10-13-47(6)28(45(27,4)12-11-29(43)66-38-35(56)32(53)26(21-62-38)65-39-36(57)33(54)30(51)24(19-49)63-39)9-8-22-23-18-44(3,41(59)61-7)14-16-48(23,17-15-46(22,47)5)42(60)67-40-37(58)34(55)31(52)25(20-50)64-40/h8,23-40,49-58H,9-21H2,1-7H3/t23-,24+,25+,26+,27-,28+,29-,30+,31+,32-,33-,34-,35+,36+,37+,38-,39-,40-,44-,45-,46+,47+,48-/m0/s1. The molecule has 3 saturated heterocycles. The molecule has 0 amide bonds. The zero-order valence-electron chi connectivity index (χ0n) is 39.8. The first-order valence-corrected chi connectivity index (χ1v) is 24.3. The summed E-state index contributed by atoms with van der Waals surface area (Å²) in [6.45, 7) is 11.8. The maximum Gasteiger partial charge on any atom is 0.315 e. The zero-order chi connectivity index (χ0) is 49.0. The Kier molecular flexibility index (Phi) is 14.0. The lowest BCUT2D eigenvalue weighted by molar-refractivity contribution is -0.351. The van der Waals surface area contributed by atoms with Crippen molar-refractivity contribution in [2.75, 3.05) is 26.9 Å². The molecule has 3 heterocycles. The van der Waals surface area contributed by atoms with Crippen molar-refractivity contribution in [2.45, 2.75) is 198 Å². The number of ether oxygens (including phenoxy) is 7.